The highest BCUT2D eigenvalue weighted by atomic mass is 19.1. The largest absolute Gasteiger partial charge is 0.490 e. The Morgan fingerprint density at radius 3 is 2.35 bits per heavy atom. The summed E-state index contributed by atoms with van der Waals surface area (Å²) in [6, 6.07) is 6.31. The molecule has 4 bridgehead atoms. The molecule has 0 unspecified atom stereocenters. The Bertz CT molecular complexity index is 566. The first-order valence-corrected chi connectivity index (χ1v) is 8.80. The van der Waals surface area contributed by atoms with Crippen molar-refractivity contribution in [3.8, 4) is 5.75 Å². The normalized spacial score (nSPS) is 34.4. The molecule has 1 aromatic carbocycles. The van der Waals surface area contributed by atoms with E-state index in [9.17, 15) is 9.18 Å². The van der Waals surface area contributed by atoms with Gasteiger partial charge in [-0.3, -0.25) is 4.79 Å². The van der Waals surface area contributed by atoms with Crippen molar-refractivity contribution in [2.24, 2.45) is 17.8 Å². The van der Waals surface area contributed by atoms with Crippen molar-refractivity contribution in [2.75, 3.05) is 6.61 Å². The molecular formula is C19H24FNO2. The third-order valence-corrected chi connectivity index (χ3v) is 5.87. The van der Waals surface area contributed by atoms with E-state index in [4.69, 9.17) is 4.74 Å². The number of carbonyl (C=O) groups is 1. The number of carbonyl (C=O) groups excluding carboxylic acids is 1. The van der Waals surface area contributed by atoms with Gasteiger partial charge in [0.1, 0.15) is 0 Å². The minimum absolute atomic E-state index is 0.0447. The number of hydrogen-bond donors (Lipinski definition) is 1. The standard InChI is InChI=1S/C19H24FNO2/c20-16-3-1-2-4-17(16)23-6-5-18(22)21-19-10-13-7-14(11-19)9-15(8-13)12-19/h1-4,13-15H,5-12H2,(H,21,22). The van der Waals surface area contributed by atoms with Gasteiger partial charge in [-0.2, -0.15) is 0 Å². The zero-order chi connectivity index (χ0) is 15.9. The van der Waals surface area contributed by atoms with Crippen LogP contribution in [-0.2, 0) is 4.79 Å². The maximum atomic E-state index is 13.5. The molecule has 3 nitrogen and oxygen atoms in total. The van der Waals surface area contributed by atoms with Crippen LogP contribution < -0.4 is 10.1 Å². The number of amides is 1. The molecule has 4 aliphatic carbocycles. The van der Waals surface area contributed by atoms with E-state index < -0.39 is 0 Å². The molecular weight excluding hydrogens is 293 g/mol. The average Bonchev–Trinajstić information content (AvgIpc) is 2.47. The van der Waals surface area contributed by atoms with Crippen LogP contribution in [0.15, 0.2) is 24.3 Å². The SMILES string of the molecule is O=C(CCOc1ccccc1F)NC12CC3CC(CC(C3)C1)C2. The van der Waals surface area contributed by atoms with Gasteiger partial charge in [0.05, 0.1) is 13.0 Å². The van der Waals surface area contributed by atoms with E-state index >= 15 is 0 Å². The lowest BCUT2D eigenvalue weighted by Crippen LogP contribution is -2.59. The summed E-state index contributed by atoms with van der Waals surface area (Å²) >= 11 is 0. The van der Waals surface area contributed by atoms with Gasteiger partial charge in [0, 0.05) is 5.54 Å². The molecule has 0 spiro atoms. The number of rotatable bonds is 5. The number of nitrogens with one attached hydrogen (secondary N) is 1. The molecule has 23 heavy (non-hydrogen) atoms. The molecule has 4 aliphatic rings. The summed E-state index contributed by atoms with van der Waals surface area (Å²) in [6.07, 6.45) is 7.84. The molecule has 1 aromatic rings. The molecule has 4 heteroatoms. The highest BCUT2D eigenvalue weighted by molar-refractivity contribution is 5.77. The van der Waals surface area contributed by atoms with Crippen molar-refractivity contribution in [1.29, 1.82) is 0 Å². The second-order valence-electron chi connectivity index (χ2n) is 7.77. The maximum absolute atomic E-state index is 13.5. The monoisotopic (exact) mass is 317 g/mol. The van der Waals surface area contributed by atoms with Gasteiger partial charge in [-0.15, -0.1) is 0 Å². The lowest BCUT2D eigenvalue weighted by atomic mass is 9.53. The first-order chi connectivity index (χ1) is 11.1. The fourth-order valence-corrected chi connectivity index (χ4v) is 5.44. The molecule has 1 N–H and O–H groups in total. The van der Waals surface area contributed by atoms with Gasteiger partial charge in [0.15, 0.2) is 11.6 Å². The van der Waals surface area contributed by atoms with E-state index in [1.807, 2.05) is 0 Å². The quantitative estimate of drug-likeness (QED) is 0.899. The molecule has 4 fully saturated rings. The summed E-state index contributed by atoms with van der Waals surface area (Å²) in [5.41, 5.74) is 0.0455. The summed E-state index contributed by atoms with van der Waals surface area (Å²) in [7, 11) is 0. The van der Waals surface area contributed by atoms with Crippen LogP contribution in [0.4, 0.5) is 4.39 Å². The van der Waals surface area contributed by atoms with E-state index in [1.54, 1.807) is 18.2 Å². The highest BCUT2D eigenvalue weighted by Crippen LogP contribution is 2.55. The lowest BCUT2D eigenvalue weighted by molar-refractivity contribution is -0.127. The molecule has 4 saturated carbocycles. The first-order valence-electron chi connectivity index (χ1n) is 8.80. The Balaban J connectivity index is 1.30. The summed E-state index contributed by atoms with van der Waals surface area (Å²) in [4.78, 5) is 12.3. The van der Waals surface area contributed by atoms with Crippen LogP contribution in [0.1, 0.15) is 44.9 Å². The van der Waals surface area contributed by atoms with Gasteiger partial charge in [-0.1, -0.05) is 12.1 Å². The summed E-state index contributed by atoms with van der Waals surface area (Å²) in [5, 5.41) is 3.31. The lowest BCUT2D eigenvalue weighted by Gasteiger charge is -2.56. The van der Waals surface area contributed by atoms with E-state index in [0.29, 0.717) is 0 Å². The minimum Gasteiger partial charge on any atom is -0.490 e. The smallest absolute Gasteiger partial charge is 0.223 e. The summed E-state index contributed by atoms with van der Waals surface area (Å²) < 4.78 is 18.9. The van der Waals surface area contributed by atoms with E-state index in [0.717, 1.165) is 37.0 Å². The van der Waals surface area contributed by atoms with Crippen LogP contribution in [0.25, 0.3) is 0 Å². The second kappa shape index (κ2) is 5.81. The predicted octanol–water partition coefficient (Wildman–Crippen LogP) is 3.68. The van der Waals surface area contributed by atoms with E-state index in [2.05, 4.69) is 5.32 Å². The van der Waals surface area contributed by atoms with E-state index in [-0.39, 0.29) is 36.0 Å². The third-order valence-electron chi connectivity index (χ3n) is 5.87. The maximum Gasteiger partial charge on any atom is 0.223 e. The average molecular weight is 317 g/mol. The van der Waals surface area contributed by atoms with Crippen molar-refractivity contribution in [3.05, 3.63) is 30.1 Å². The molecule has 0 radical (unpaired) electrons. The van der Waals surface area contributed by atoms with Crippen LogP contribution >= 0.6 is 0 Å². The van der Waals surface area contributed by atoms with Gasteiger partial charge in [0.2, 0.25) is 5.91 Å². The molecule has 124 valence electrons. The topological polar surface area (TPSA) is 38.3 Å². The number of halogens is 1. The fourth-order valence-electron chi connectivity index (χ4n) is 5.44. The highest BCUT2D eigenvalue weighted by Gasteiger charge is 2.51. The van der Waals surface area contributed by atoms with Crippen molar-refractivity contribution in [1.82, 2.24) is 5.32 Å². The van der Waals surface area contributed by atoms with Gasteiger partial charge >= 0.3 is 0 Å². The van der Waals surface area contributed by atoms with Crippen LogP contribution in [0.2, 0.25) is 0 Å². The number of ether oxygens (including phenoxy) is 1. The first kappa shape index (κ1) is 15.0. The van der Waals surface area contributed by atoms with Crippen LogP contribution in [0.3, 0.4) is 0 Å². The van der Waals surface area contributed by atoms with Gasteiger partial charge < -0.3 is 10.1 Å². The molecule has 0 saturated heterocycles. The Hall–Kier alpha value is -1.58. The summed E-state index contributed by atoms with van der Waals surface area (Å²) in [6.45, 7) is 0.221. The Labute approximate surface area is 136 Å². The van der Waals surface area contributed by atoms with E-state index in [1.165, 1.54) is 25.3 Å². The van der Waals surface area contributed by atoms with Crippen molar-refractivity contribution in [2.45, 2.75) is 50.5 Å². The number of hydrogen-bond acceptors (Lipinski definition) is 2. The van der Waals surface area contributed by atoms with Crippen LogP contribution in [0.5, 0.6) is 5.75 Å². The van der Waals surface area contributed by atoms with Crippen molar-refractivity contribution in [3.63, 3.8) is 0 Å². The number of benzene rings is 1. The molecule has 5 rings (SSSR count). The van der Waals surface area contributed by atoms with Crippen molar-refractivity contribution < 1.29 is 13.9 Å². The number of para-hydroxylation sites is 1. The minimum atomic E-state index is -0.381. The third kappa shape index (κ3) is 3.08. The van der Waals surface area contributed by atoms with Crippen LogP contribution in [-0.4, -0.2) is 18.1 Å². The Morgan fingerprint density at radius 1 is 1.13 bits per heavy atom. The zero-order valence-electron chi connectivity index (χ0n) is 13.4. The predicted molar refractivity (Wildman–Crippen MR) is 85.6 cm³/mol. The fraction of sp³-hybridized carbons (Fsp3) is 0.632. The summed E-state index contributed by atoms with van der Waals surface area (Å²) in [5.74, 6) is 2.33. The molecule has 0 atom stereocenters. The molecule has 0 heterocycles. The molecule has 0 aromatic heterocycles. The molecule has 1 amide bonds. The molecule has 0 aliphatic heterocycles. The van der Waals surface area contributed by atoms with Gasteiger partial charge in [-0.05, 0) is 68.4 Å². The van der Waals surface area contributed by atoms with Crippen LogP contribution in [0, 0.1) is 23.6 Å². The van der Waals surface area contributed by atoms with Gasteiger partial charge in [0.25, 0.3) is 0 Å². The Kier molecular flexibility index (Phi) is 3.78. The Morgan fingerprint density at radius 2 is 1.74 bits per heavy atom. The second-order valence-corrected chi connectivity index (χ2v) is 7.77. The zero-order valence-corrected chi connectivity index (χ0v) is 13.4. The van der Waals surface area contributed by atoms with Gasteiger partial charge in [-0.25, -0.2) is 4.39 Å². The van der Waals surface area contributed by atoms with Crippen molar-refractivity contribution >= 4 is 5.91 Å².